The van der Waals surface area contributed by atoms with Crippen LogP contribution in [-0.2, 0) is 9.09 Å². The smallest absolute Gasteiger partial charge is 0.395 e. The van der Waals surface area contributed by atoms with Gasteiger partial charge in [0.05, 0.1) is 19.8 Å². The molecule has 0 saturated heterocycles. The van der Waals surface area contributed by atoms with Gasteiger partial charge in [0.1, 0.15) is 0 Å². The van der Waals surface area contributed by atoms with E-state index in [2.05, 4.69) is 23.3 Å². The second-order valence-electron chi connectivity index (χ2n) is 9.27. The van der Waals surface area contributed by atoms with E-state index in [-0.39, 0.29) is 19.8 Å². The van der Waals surface area contributed by atoms with Gasteiger partial charge < -0.3 is 20.0 Å². The number of aliphatic hydroxyl groups excluding tert-OH is 2. The lowest BCUT2D eigenvalue weighted by molar-refractivity contribution is 0.159. The summed E-state index contributed by atoms with van der Waals surface area (Å²) in [5.74, 6) is 0. The van der Waals surface area contributed by atoms with Gasteiger partial charge in [0.2, 0.25) is 0 Å². The number of phosphoric acid groups is 1. The molecule has 0 radical (unpaired) electrons. The van der Waals surface area contributed by atoms with Gasteiger partial charge in [-0.05, 0) is 19.4 Å². The maximum atomic E-state index is 10.3. The third kappa shape index (κ3) is 34.2. The molecule has 7 nitrogen and oxygen atoms in total. The fourth-order valence-corrected chi connectivity index (χ4v) is 4.23. The molecule has 208 valence electrons. The van der Waals surface area contributed by atoms with Gasteiger partial charge in [0.15, 0.2) is 0 Å². The summed E-state index contributed by atoms with van der Waals surface area (Å²) < 4.78 is 14.7. The normalized spacial score (nSPS) is 11.6. The van der Waals surface area contributed by atoms with Gasteiger partial charge in [0, 0.05) is 13.1 Å². The maximum Gasteiger partial charge on any atom is 0.469 e. The Bertz CT molecular complexity index is 416. The van der Waals surface area contributed by atoms with Crippen molar-refractivity contribution in [3.63, 3.8) is 0 Å². The Morgan fingerprint density at radius 1 is 0.559 bits per heavy atom. The van der Waals surface area contributed by atoms with Crippen LogP contribution in [0.5, 0.6) is 0 Å². The third-order valence-corrected chi connectivity index (χ3v) is 6.44. The Balaban J connectivity index is 0. The Morgan fingerprint density at radius 3 is 1.26 bits per heavy atom. The predicted octanol–water partition coefficient (Wildman–Crippen LogP) is 6.43. The van der Waals surface area contributed by atoms with Crippen LogP contribution >= 0.6 is 7.82 Å². The second-order valence-corrected chi connectivity index (χ2v) is 10.5. The molecule has 34 heavy (non-hydrogen) atoms. The summed E-state index contributed by atoms with van der Waals surface area (Å²) in [6, 6.07) is 0. The molecule has 0 heterocycles. The maximum absolute atomic E-state index is 10.3. The molecule has 0 aromatic heterocycles. The van der Waals surface area contributed by atoms with Gasteiger partial charge in [-0.25, -0.2) is 4.57 Å². The highest BCUT2D eigenvalue weighted by atomic mass is 31.2. The van der Waals surface area contributed by atoms with Crippen LogP contribution in [0.4, 0.5) is 0 Å². The first-order valence-electron chi connectivity index (χ1n) is 14.0. The van der Waals surface area contributed by atoms with Crippen LogP contribution < -0.4 is 0 Å². The van der Waals surface area contributed by atoms with Crippen molar-refractivity contribution in [2.24, 2.45) is 0 Å². The standard InChI is InChI=1S/C16H35NO2.C10H23O4P/c1-2-3-4-5-6-7-8-9-10-11-12-17(13-15-18)14-16-19;1-2-3-4-5-6-7-8-9-10-14-15(11,12)13/h18-19H,2-16H2,1H3;2-10H2,1H3,(H2,11,12,13). The minimum absolute atomic E-state index is 0.166. The summed E-state index contributed by atoms with van der Waals surface area (Å²) in [7, 11) is -4.24. The quantitative estimate of drug-likeness (QED) is 0.0825. The zero-order valence-corrected chi connectivity index (χ0v) is 23.4. The fourth-order valence-electron chi connectivity index (χ4n) is 3.86. The van der Waals surface area contributed by atoms with Gasteiger partial charge in [-0.15, -0.1) is 0 Å². The Morgan fingerprint density at radius 2 is 0.912 bits per heavy atom. The zero-order chi connectivity index (χ0) is 25.8. The van der Waals surface area contributed by atoms with E-state index in [1.807, 2.05) is 0 Å². The van der Waals surface area contributed by atoms with Crippen molar-refractivity contribution in [1.29, 1.82) is 0 Å². The highest BCUT2D eigenvalue weighted by Crippen LogP contribution is 2.35. The summed E-state index contributed by atoms with van der Waals surface area (Å²) >= 11 is 0. The topological polar surface area (TPSA) is 110 Å². The third-order valence-electron chi connectivity index (χ3n) is 5.92. The monoisotopic (exact) mass is 511 g/mol. The Hall–Kier alpha value is -0.0100. The number of nitrogens with zero attached hydrogens (tertiary/aromatic N) is 1. The molecule has 0 atom stereocenters. The molecule has 0 aromatic carbocycles. The zero-order valence-electron chi connectivity index (χ0n) is 22.5. The molecule has 0 fully saturated rings. The molecule has 0 saturated carbocycles. The molecule has 8 heteroatoms. The Kier molecular flexibility index (Phi) is 31.1. The van der Waals surface area contributed by atoms with E-state index in [1.54, 1.807) is 0 Å². The van der Waals surface area contributed by atoms with Crippen molar-refractivity contribution in [3.8, 4) is 0 Å². The molecule has 0 aliphatic rings. The van der Waals surface area contributed by atoms with Crippen molar-refractivity contribution in [2.45, 2.75) is 129 Å². The highest BCUT2D eigenvalue weighted by molar-refractivity contribution is 7.46. The summed E-state index contributed by atoms with van der Waals surface area (Å²) in [5.41, 5.74) is 0. The average Bonchev–Trinajstić information content (AvgIpc) is 2.79. The largest absolute Gasteiger partial charge is 0.469 e. The first-order chi connectivity index (χ1) is 16.4. The van der Waals surface area contributed by atoms with Crippen LogP contribution in [-0.4, -0.2) is 64.4 Å². The number of hydrogen-bond acceptors (Lipinski definition) is 5. The molecule has 4 N–H and O–H groups in total. The van der Waals surface area contributed by atoms with Crippen LogP contribution in [0, 0.1) is 0 Å². The fraction of sp³-hybridized carbons (Fsp3) is 1.00. The molecule has 0 bridgehead atoms. The van der Waals surface area contributed by atoms with E-state index in [1.165, 1.54) is 96.3 Å². The molecule has 0 aromatic rings. The molecular formula is C26H58NO6P. The highest BCUT2D eigenvalue weighted by Gasteiger charge is 2.12. The minimum Gasteiger partial charge on any atom is -0.395 e. The SMILES string of the molecule is CCCCCCCCCCCCN(CCO)CCO.CCCCCCCCCCOP(=O)(O)O. The lowest BCUT2D eigenvalue weighted by Crippen LogP contribution is -2.30. The van der Waals surface area contributed by atoms with Crippen LogP contribution in [0.2, 0.25) is 0 Å². The minimum atomic E-state index is -4.24. The number of unbranched alkanes of at least 4 members (excludes halogenated alkanes) is 16. The second kappa shape index (κ2) is 29.2. The number of aliphatic hydroxyl groups is 2. The lowest BCUT2D eigenvalue weighted by atomic mass is 10.1. The van der Waals surface area contributed by atoms with Gasteiger partial charge in [-0.1, -0.05) is 117 Å². The van der Waals surface area contributed by atoms with Crippen molar-refractivity contribution in [2.75, 3.05) is 39.5 Å². The average molecular weight is 512 g/mol. The Labute approximate surface area is 210 Å². The molecular weight excluding hydrogens is 453 g/mol. The molecule has 0 unspecified atom stereocenters. The van der Waals surface area contributed by atoms with Crippen LogP contribution in [0.15, 0.2) is 0 Å². The summed E-state index contributed by atoms with van der Waals surface area (Å²) in [5, 5.41) is 17.8. The number of hydrogen-bond donors (Lipinski definition) is 4. The van der Waals surface area contributed by atoms with Crippen molar-refractivity contribution >= 4 is 7.82 Å². The van der Waals surface area contributed by atoms with Gasteiger partial charge in [0.25, 0.3) is 0 Å². The molecule has 0 rings (SSSR count). The van der Waals surface area contributed by atoms with Gasteiger partial charge >= 0.3 is 7.82 Å². The van der Waals surface area contributed by atoms with Crippen LogP contribution in [0.3, 0.4) is 0 Å². The number of rotatable bonds is 25. The van der Waals surface area contributed by atoms with Crippen molar-refractivity contribution in [1.82, 2.24) is 4.90 Å². The number of phosphoric ester groups is 1. The molecule has 0 amide bonds. The van der Waals surface area contributed by atoms with E-state index in [0.29, 0.717) is 13.1 Å². The van der Waals surface area contributed by atoms with Crippen LogP contribution in [0.25, 0.3) is 0 Å². The van der Waals surface area contributed by atoms with Gasteiger partial charge in [-0.2, -0.15) is 0 Å². The van der Waals surface area contributed by atoms with Gasteiger partial charge in [-0.3, -0.25) is 9.42 Å². The van der Waals surface area contributed by atoms with E-state index in [0.717, 1.165) is 25.8 Å². The first kappa shape index (κ1) is 36.1. The lowest BCUT2D eigenvalue weighted by Gasteiger charge is -2.19. The molecule has 0 aliphatic carbocycles. The van der Waals surface area contributed by atoms with Crippen LogP contribution in [0.1, 0.15) is 129 Å². The predicted molar refractivity (Wildman–Crippen MR) is 143 cm³/mol. The van der Waals surface area contributed by atoms with Crippen molar-refractivity contribution in [3.05, 3.63) is 0 Å². The van der Waals surface area contributed by atoms with Crippen molar-refractivity contribution < 1.29 is 29.1 Å². The summed E-state index contributed by atoms with van der Waals surface area (Å²) in [6.45, 7) is 7.40. The van der Waals surface area contributed by atoms with E-state index in [9.17, 15) is 4.57 Å². The summed E-state index contributed by atoms with van der Waals surface area (Å²) in [6.07, 6.45) is 22.7. The van der Waals surface area contributed by atoms with E-state index >= 15 is 0 Å². The molecule has 0 aliphatic heterocycles. The summed E-state index contributed by atoms with van der Waals surface area (Å²) in [4.78, 5) is 19.0. The molecule has 0 spiro atoms. The first-order valence-corrected chi connectivity index (χ1v) is 15.6. The van der Waals surface area contributed by atoms with E-state index < -0.39 is 7.82 Å². The van der Waals surface area contributed by atoms with E-state index in [4.69, 9.17) is 20.0 Å².